The quantitative estimate of drug-likeness (QED) is 0.565. The minimum absolute atomic E-state index is 0.0427. The first kappa shape index (κ1) is 20.3. The number of anilines is 1. The number of nitrogen functional groups attached to an aromatic ring is 1. The summed E-state index contributed by atoms with van der Waals surface area (Å²) in [6, 6.07) is 6.92. The third kappa shape index (κ3) is 3.31. The van der Waals surface area contributed by atoms with Crippen LogP contribution >= 0.6 is 11.3 Å². The number of hydrogen-bond donors (Lipinski definition) is 3. The van der Waals surface area contributed by atoms with Crippen molar-refractivity contribution in [3.63, 3.8) is 0 Å². The van der Waals surface area contributed by atoms with E-state index in [1.54, 1.807) is 12.1 Å². The molecule has 1 aromatic carbocycles. The molecule has 3 aromatic rings. The van der Waals surface area contributed by atoms with Crippen molar-refractivity contribution in [2.45, 2.75) is 44.9 Å². The number of benzene rings is 1. The van der Waals surface area contributed by atoms with Crippen LogP contribution in [-0.2, 0) is 4.74 Å². The fraction of sp³-hybridized carbons (Fsp3) is 0.400. The molecule has 0 spiro atoms. The summed E-state index contributed by atoms with van der Waals surface area (Å²) < 4.78 is 7.91. The molecule has 10 heteroatoms. The number of nitrogens with zero attached hydrogens (tertiary/aromatic N) is 2. The first-order valence-electron chi connectivity index (χ1n) is 9.70. The lowest BCUT2D eigenvalue weighted by atomic mass is 9.85. The molecule has 1 saturated heterocycles. The van der Waals surface area contributed by atoms with Gasteiger partial charge in [-0.05, 0) is 24.5 Å². The number of aromatic amines is 1. The molecule has 4 N–H and O–H groups in total. The third-order valence-electron chi connectivity index (χ3n) is 5.63. The highest BCUT2D eigenvalue weighted by atomic mass is 32.1. The SMILES string of the molecule is CC[C@H](c1ccccc1C(=O)O)[C@@H]1C[C@@H](C)[C@H](n2c(=O)sc3c(=O)[nH]c(N)nc32)O1. The van der Waals surface area contributed by atoms with Crippen LogP contribution in [0.25, 0.3) is 10.3 Å². The Morgan fingerprint density at radius 3 is 2.87 bits per heavy atom. The van der Waals surface area contributed by atoms with Crippen LogP contribution in [0, 0.1) is 5.92 Å². The fourth-order valence-electron chi connectivity index (χ4n) is 4.29. The van der Waals surface area contributed by atoms with Gasteiger partial charge in [-0.25, -0.2) is 4.79 Å². The van der Waals surface area contributed by atoms with Gasteiger partial charge in [0.2, 0.25) is 5.95 Å². The lowest BCUT2D eigenvalue weighted by Crippen LogP contribution is -2.25. The fourth-order valence-corrected chi connectivity index (χ4v) is 5.14. The van der Waals surface area contributed by atoms with Gasteiger partial charge in [-0.3, -0.25) is 19.1 Å². The van der Waals surface area contributed by atoms with Crippen molar-refractivity contribution in [3.8, 4) is 0 Å². The van der Waals surface area contributed by atoms with Crippen molar-refractivity contribution < 1.29 is 14.6 Å². The van der Waals surface area contributed by atoms with Gasteiger partial charge in [0.05, 0.1) is 11.7 Å². The van der Waals surface area contributed by atoms with Gasteiger partial charge in [0.25, 0.3) is 5.56 Å². The zero-order valence-corrected chi connectivity index (χ0v) is 17.3. The summed E-state index contributed by atoms with van der Waals surface area (Å²) in [7, 11) is 0. The smallest absolute Gasteiger partial charge is 0.335 e. The first-order valence-corrected chi connectivity index (χ1v) is 10.5. The Morgan fingerprint density at radius 2 is 2.17 bits per heavy atom. The van der Waals surface area contributed by atoms with E-state index in [9.17, 15) is 19.5 Å². The van der Waals surface area contributed by atoms with Gasteiger partial charge in [0.1, 0.15) is 10.9 Å². The highest BCUT2D eigenvalue weighted by molar-refractivity contribution is 7.16. The molecule has 158 valence electrons. The third-order valence-corrected chi connectivity index (χ3v) is 6.57. The standard InChI is InChI=1S/C20H22N4O5S/c1-3-10(11-6-4-5-7-12(11)18(26)27)13-8-9(2)17(29-13)24-15-14(30-20(24)28)16(25)23-19(21)22-15/h4-7,9-10,13,17H,3,8H2,1-2H3,(H,26,27)(H3,21,22,23,25)/t9-,10-,13+,17-/m1/s1. The van der Waals surface area contributed by atoms with E-state index in [1.165, 1.54) is 4.57 Å². The van der Waals surface area contributed by atoms with Crippen LogP contribution in [-0.4, -0.2) is 31.7 Å². The lowest BCUT2D eigenvalue weighted by molar-refractivity contribution is -0.0205. The van der Waals surface area contributed by atoms with Gasteiger partial charge >= 0.3 is 10.8 Å². The van der Waals surface area contributed by atoms with Crippen LogP contribution in [0.4, 0.5) is 5.95 Å². The summed E-state index contributed by atoms with van der Waals surface area (Å²) in [5.41, 5.74) is 6.40. The normalized spacial score (nSPS) is 22.4. The number of carbonyl (C=O) groups is 1. The summed E-state index contributed by atoms with van der Waals surface area (Å²) >= 11 is 0.809. The molecule has 0 amide bonds. The van der Waals surface area contributed by atoms with Crippen molar-refractivity contribution in [1.82, 2.24) is 14.5 Å². The molecule has 9 nitrogen and oxygen atoms in total. The van der Waals surface area contributed by atoms with Crippen LogP contribution in [0.1, 0.15) is 54.8 Å². The molecule has 0 saturated carbocycles. The van der Waals surface area contributed by atoms with Gasteiger partial charge in [0, 0.05) is 11.8 Å². The average Bonchev–Trinajstić information content (AvgIpc) is 3.22. The zero-order valence-electron chi connectivity index (χ0n) is 16.5. The molecule has 0 bridgehead atoms. The van der Waals surface area contributed by atoms with E-state index in [0.717, 1.165) is 11.3 Å². The number of thiazole rings is 1. The van der Waals surface area contributed by atoms with Crippen LogP contribution in [0.3, 0.4) is 0 Å². The van der Waals surface area contributed by atoms with E-state index >= 15 is 0 Å². The zero-order chi connectivity index (χ0) is 21.6. The lowest BCUT2D eigenvalue weighted by Gasteiger charge is -2.24. The second kappa shape index (κ2) is 7.69. The minimum atomic E-state index is -0.981. The number of fused-ring (bicyclic) bond motifs is 1. The Balaban J connectivity index is 1.73. The highest BCUT2D eigenvalue weighted by Crippen LogP contribution is 2.42. The number of hydrogen-bond acceptors (Lipinski definition) is 7. The summed E-state index contributed by atoms with van der Waals surface area (Å²) in [5.74, 6) is -1.24. The monoisotopic (exact) mass is 430 g/mol. The Kier molecular flexibility index (Phi) is 5.20. The number of H-pyrrole nitrogens is 1. The van der Waals surface area contributed by atoms with Gasteiger partial charge in [-0.2, -0.15) is 4.98 Å². The Labute approximate surface area is 175 Å². The molecule has 30 heavy (non-hydrogen) atoms. The predicted octanol–water partition coefficient (Wildman–Crippen LogP) is 2.54. The van der Waals surface area contributed by atoms with E-state index in [4.69, 9.17) is 10.5 Å². The molecule has 0 radical (unpaired) electrons. The van der Waals surface area contributed by atoms with Crippen molar-refractivity contribution in [2.24, 2.45) is 5.92 Å². The molecule has 1 aliphatic rings. The van der Waals surface area contributed by atoms with Gasteiger partial charge < -0.3 is 15.6 Å². The second-order valence-electron chi connectivity index (χ2n) is 7.53. The van der Waals surface area contributed by atoms with Crippen molar-refractivity contribution in [3.05, 3.63) is 55.4 Å². The van der Waals surface area contributed by atoms with Gasteiger partial charge in [-0.1, -0.05) is 43.4 Å². The molecular formula is C20H22N4O5S. The maximum atomic E-state index is 12.7. The van der Waals surface area contributed by atoms with E-state index in [0.29, 0.717) is 18.4 Å². The molecule has 4 atom stereocenters. The van der Waals surface area contributed by atoms with Crippen LogP contribution < -0.4 is 16.2 Å². The van der Waals surface area contributed by atoms with Crippen molar-refractivity contribution >= 4 is 33.6 Å². The van der Waals surface area contributed by atoms with Crippen LogP contribution in [0.15, 0.2) is 33.9 Å². The maximum absolute atomic E-state index is 12.7. The summed E-state index contributed by atoms with van der Waals surface area (Å²) in [4.78, 5) is 42.7. The molecule has 0 unspecified atom stereocenters. The Hall–Kier alpha value is -2.98. The number of aromatic nitrogens is 3. The van der Waals surface area contributed by atoms with Crippen molar-refractivity contribution in [2.75, 3.05) is 5.73 Å². The number of nitrogens with one attached hydrogen (secondary N) is 1. The average molecular weight is 430 g/mol. The van der Waals surface area contributed by atoms with E-state index in [-0.39, 0.29) is 44.7 Å². The number of aromatic carboxylic acids is 1. The minimum Gasteiger partial charge on any atom is -0.478 e. The molecule has 1 fully saturated rings. The summed E-state index contributed by atoms with van der Waals surface area (Å²) in [5, 5.41) is 9.58. The summed E-state index contributed by atoms with van der Waals surface area (Å²) in [6.07, 6.45) is 0.422. The van der Waals surface area contributed by atoms with Crippen LogP contribution in [0.5, 0.6) is 0 Å². The molecule has 1 aliphatic heterocycles. The van der Waals surface area contributed by atoms with Gasteiger partial charge in [0.15, 0.2) is 5.65 Å². The summed E-state index contributed by atoms with van der Waals surface area (Å²) in [6.45, 7) is 3.95. The van der Waals surface area contributed by atoms with Crippen molar-refractivity contribution in [1.29, 1.82) is 0 Å². The number of carboxylic acid groups (broad SMARTS) is 1. The van der Waals surface area contributed by atoms with Gasteiger partial charge in [-0.15, -0.1) is 0 Å². The molecule has 0 aliphatic carbocycles. The molecule has 3 heterocycles. The molecule has 2 aromatic heterocycles. The van der Waals surface area contributed by atoms with E-state index < -0.39 is 17.8 Å². The largest absolute Gasteiger partial charge is 0.478 e. The first-order chi connectivity index (χ1) is 14.3. The Bertz CT molecular complexity index is 1230. The highest BCUT2D eigenvalue weighted by Gasteiger charge is 2.40. The second-order valence-corrected chi connectivity index (χ2v) is 8.49. The number of rotatable bonds is 5. The number of carboxylic acids is 1. The Morgan fingerprint density at radius 1 is 1.43 bits per heavy atom. The van der Waals surface area contributed by atoms with Crippen LogP contribution in [0.2, 0.25) is 0 Å². The van der Waals surface area contributed by atoms with E-state index in [1.807, 2.05) is 26.0 Å². The number of nitrogens with two attached hydrogens (primary N) is 1. The maximum Gasteiger partial charge on any atom is 0.335 e. The molecular weight excluding hydrogens is 408 g/mol. The molecule has 4 rings (SSSR count). The predicted molar refractivity (Wildman–Crippen MR) is 113 cm³/mol. The topological polar surface area (TPSA) is 140 Å². The van der Waals surface area contributed by atoms with E-state index in [2.05, 4.69) is 9.97 Å². The number of ether oxygens (including phenoxy) is 1.